The van der Waals surface area contributed by atoms with Crippen molar-refractivity contribution in [3.05, 3.63) is 12.4 Å². The first kappa shape index (κ1) is 14.2. The van der Waals surface area contributed by atoms with Crippen molar-refractivity contribution in [2.75, 3.05) is 18.9 Å². The summed E-state index contributed by atoms with van der Waals surface area (Å²) in [6.07, 6.45) is 6.54. The Morgan fingerprint density at radius 1 is 1.37 bits per heavy atom. The van der Waals surface area contributed by atoms with E-state index < -0.39 is 10.0 Å². The molecular weight excluding hydrogens is 264 g/mol. The first-order valence-electron chi connectivity index (χ1n) is 6.61. The van der Waals surface area contributed by atoms with Crippen LogP contribution in [0.15, 0.2) is 17.3 Å². The maximum absolute atomic E-state index is 12.6. The Kier molecular flexibility index (Phi) is 4.36. The zero-order valence-electron chi connectivity index (χ0n) is 11.3. The zero-order valence-corrected chi connectivity index (χ0v) is 12.2. The Hall–Kier alpha value is -1.21. The third-order valence-corrected chi connectivity index (χ3v) is 5.41. The standard InChI is InChI=1S/C12H20N4O2S/c1-3-10-6-4-5-7-16(10)19(17,18)11-8-14-12(13-2)15-9-11/h8-10H,3-7H2,1-2H3,(H,13,14,15). The highest BCUT2D eigenvalue weighted by molar-refractivity contribution is 7.89. The van der Waals surface area contributed by atoms with Crippen LogP contribution in [0.2, 0.25) is 0 Å². The van der Waals surface area contributed by atoms with E-state index in [9.17, 15) is 8.42 Å². The predicted molar refractivity (Wildman–Crippen MR) is 73.4 cm³/mol. The summed E-state index contributed by atoms with van der Waals surface area (Å²) in [7, 11) is -1.77. The van der Waals surface area contributed by atoms with Crippen molar-refractivity contribution in [2.24, 2.45) is 0 Å². The molecule has 0 spiro atoms. The van der Waals surface area contributed by atoms with Crippen molar-refractivity contribution in [1.29, 1.82) is 0 Å². The van der Waals surface area contributed by atoms with Crippen LogP contribution in [0.3, 0.4) is 0 Å². The molecule has 1 aromatic rings. The van der Waals surface area contributed by atoms with Crippen LogP contribution in [0.4, 0.5) is 5.95 Å². The normalized spacial score (nSPS) is 21.3. The predicted octanol–water partition coefficient (Wildman–Crippen LogP) is 1.47. The molecule has 1 aliphatic heterocycles. The van der Waals surface area contributed by atoms with E-state index in [2.05, 4.69) is 15.3 Å². The molecule has 7 heteroatoms. The first-order valence-corrected chi connectivity index (χ1v) is 8.05. The lowest BCUT2D eigenvalue weighted by molar-refractivity contribution is 0.246. The lowest BCUT2D eigenvalue weighted by atomic mass is 10.0. The van der Waals surface area contributed by atoms with Crippen LogP contribution in [0.5, 0.6) is 0 Å². The Balaban J connectivity index is 2.29. The molecule has 1 unspecified atom stereocenters. The lowest BCUT2D eigenvalue weighted by Gasteiger charge is -2.33. The van der Waals surface area contributed by atoms with E-state index in [0.29, 0.717) is 12.5 Å². The number of hydrogen-bond donors (Lipinski definition) is 1. The number of anilines is 1. The zero-order chi connectivity index (χ0) is 13.9. The van der Waals surface area contributed by atoms with Gasteiger partial charge in [-0.25, -0.2) is 18.4 Å². The molecule has 19 heavy (non-hydrogen) atoms. The Labute approximate surface area is 114 Å². The third-order valence-electron chi connectivity index (χ3n) is 3.50. The van der Waals surface area contributed by atoms with Gasteiger partial charge in [0.25, 0.3) is 0 Å². The van der Waals surface area contributed by atoms with Crippen LogP contribution in [-0.2, 0) is 10.0 Å². The SMILES string of the molecule is CCC1CCCCN1S(=O)(=O)c1cnc(NC)nc1. The molecule has 2 rings (SSSR count). The lowest BCUT2D eigenvalue weighted by Crippen LogP contribution is -2.43. The van der Waals surface area contributed by atoms with Crippen LogP contribution in [-0.4, -0.2) is 42.3 Å². The molecule has 1 fully saturated rings. The van der Waals surface area contributed by atoms with Gasteiger partial charge < -0.3 is 5.32 Å². The molecule has 0 aromatic carbocycles. The first-order chi connectivity index (χ1) is 9.09. The van der Waals surface area contributed by atoms with Crippen LogP contribution in [0.1, 0.15) is 32.6 Å². The van der Waals surface area contributed by atoms with Gasteiger partial charge >= 0.3 is 0 Å². The van der Waals surface area contributed by atoms with Gasteiger partial charge in [0, 0.05) is 19.6 Å². The second kappa shape index (κ2) is 5.83. The van der Waals surface area contributed by atoms with Gasteiger partial charge in [0.05, 0.1) is 12.4 Å². The number of sulfonamides is 1. The monoisotopic (exact) mass is 284 g/mol. The maximum Gasteiger partial charge on any atom is 0.246 e. The van der Waals surface area contributed by atoms with Gasteiger partial charge in [-0.05, 0) is 19.3 Å². The summed E-state index contributed by atoms with van der Waals surface area (Å²) in [6.45, 7) is 2.62. The molecule has 1 aromatic heterocycles. The van der Waals surface area contributed by atoms with Crippen LogP contribution in [0, 0.1) is 0 Å². The van der Waals surface area contributed by atoms with Gasteiger partial charge in [0.1, 0.15) is 4.90 Å². The maximum atomic E-state index is 12.6. The van der Waals surface area contributed by atoms with Gasteiger partial charge in [-0.1, -0.05) is 13.3 Å². The average Bonchev–Trinajstić information content (AvgIpc) is 2.47. The summed E-state index contributed by atoms with van der Waals surface area (Å²) in [5, 5.41) is 2.77. The van der Waals surface area contributed by atoms with Gasteiger partial charge in [-0.2, -0.15) is 4.31 Å². The summed E-state index contributed by atoms with van der Waals surface area (Å²) in [6, 6.07) is 0.0997. The number of piperidine rings is 1. The smallest absolute Gasteiger partial charge is 0.246 e. The van der Waals surface area contributed by atoms with Crippen LogP contribution in [0.25, 0.3) is 0 Å². The molecule has 1 atom stereocenters. The molecule has 2 heterocycles. The van der Waals surface area contributed by atoms with E-state index in [1.807, 2.05) is 6.92 Å². The fourth-order valence-electron chi connectivity index (χ4n) is 2.41. The highest BCUT2D eigenvalue weighted by Crippen LogP contribution is 2.26. The minimum Gasteiger partial charge on any atom is -0.357 e. The number of nitrogens with zero attached hydrogens (tertiary/aromatic N) is 3. The number of nitrogens with one attached hydrogen (secondary N) is 1. The van der Waals surface area contributed by atoms with E-state index in [1.165, 1.54) is 12.4 Å². The van der Waals surface area contributed by atoms with Crippen molar-refractivity contribution in [1.82, 2.24) is 14.3 Å². The van der Waals surface area contributed by atoms with Crippen molar-refractivity contribution in [3.8, 4) is 0 Å². The Morgan fingerprint density at radius 2 is 2.05 bits per heavy atom. The highest BCUT2D eigenvalue weighted by Gasteiger charge is 2.32. The molecule has 1 N–H and O–H groups in total. The van der Waals surface area contributed by atoms with Crippen LogP contribution < -0.4 is 5.32 Å². The Bertz CT molecular complexity index is 515. The topological polar surface area (TPSA) is 75.2 Å². The Morgan fingerprint density at radius 3 is 2.63 bits per heavy atom. The molecule has 0 saturated carbocycles. The van der Waals surface area contributed by atoms with E-state index >= 15 is 0 Å². The van der Waals surface area contributed by atoms with E-state index in [4.69, 9.17) is 0 Å². The molecule has 0 amide bonds. The van der Waals surface area contributed by atoms with Crippen molar-refractivity contribution in [2.45, 2.75) is 43.5 Å². The summed E-state index contributed by atoms with van der Waals surface area (Å²) < 4.78 is 26.8. The fourth-order valence-corrected chi connectivity index (χ4v) is 4.07. The second-order valence-corrected chi connectivity index (χ2v) is 6.56. The average molecular weight is 284 g/mol. The molecule has 0 aliphatic carbocycles. The quantitative estimate of drug-likeness (QED) is 0.906. The molecule has 1 saturated heterocycles. The van der Waals surface area contributed by atoms with Gasteiger partial charge in [0.15, 0.2) is 0 Å². The number of rotatable bonds is 4. The summed E-state index contributed by atoms with van der Waals surface area (Å²) in [5.41, 5.74) is 0. The largest absolute Gasteiger partial charge is 0.357 e. The fraction of sp³-hybridized carbons (Fsp3) is 0.667. The summed E-state index contributed by atoms with van der Waals surface area (Å²) >= 11 is 0. The minimum absolute atomic E-state index is 0.0997. The van der Waals surface area contributed by atoms with E-state index in [0.717, 1.165) is 25.7 Å². The van der Waals surface area contributed by atoms with E-state index in [1.54, 1.807) is 11.4 Å². The second-order valence-electron chi connectivity index (χ2n) is 4.67. The van der Waals surface area contributed by atoms with Crippen molar-refractivity contribution < 1.29 is 8.42 Å². The van der Waals surface area contributed by atoms with Gasteiger partial charge in [-0.15, -0.1) is 0 Å². The third kappa shape index (κ3) is 2.87. The minimum atomic E-state index is -3.47. The summed E-state index contributed by atoms with van der Waals surface area (Å²) in [5.74, 6) is 0.421. The molecule has 6 nitrogen and oxygen atoms in total. The van der Waals surface area contributed by atoms with Crippen molar-refractivity contribution >= 4 is 16.0 Å². The molecule has 106 valence electrons. The van der Waals surface area contributed by atoms with Crippen LogP contribution >= 0.6 is 0 Å². The molecule has 0 radical (unpaired) electrons. The number of hydrogen-bond acceptors (Lipinski definition) is 5. The highest BCUT2D eigenvalue weighted by atomic mass is 32.2. The van der Waals surface area contributed by atoms with Gasteiger partial charge in [0.2, 0.25) is 16.0 Å². The van der Waals surface area contributed by atoms with Crippen molar-refractivity contribution in [3.63, 3.8) is 0 Å². The van der Waals surface area contributed by atoms with E-state index in [-0.39, 0.29) is 10.9 Å². The van der Waals surface area contributed by atoms with Gasteiger partial charge in [-0.3, -0.25) is 0 Å². The molecule has 0 bridgehead atoms. The summed E-state index contributed by atoms with van der Waals surface area (Å²) in [4.78, 5) is 8.14. The molecule has 1 aliphatic rings. The number of aromatic nitrogens is 2. The molecular formula is C12H20N4O2S.